The van der Waals surface area contributed by atoms with E-state index in [0.29, 0.717) is 12.8 Å². The summed E-state index contributed by atoms with van der Waals surface area (Å²) in [5, 5.41) is 30.7. The van der Waals surface area contributed by atoms with Crippen LogP contribution in [-0.2, 0) is 0 Å². The van der Waals surface area contributed by atoms with Gasteiger partial charge in [0.15, 0.2) is 0 Å². The average Bonchev–Trinajstić information content (AvgIpc) is 2.39. The topological polar surface area (TPSA) is 60.7 Å². The summed E-state index contributed by atoms with van der Waals surface area (Å²) in [4.78, 5) is 0. The Balaban J connectivity index is 2.00. The molecule has 0 saturated heterocycles. The standard InChI is InChI=1S/C14H22O3/c15-12(11-7-3-1-4-8-11)13(16)14(17)9-5-2-6-10-14/h1-3,5,11-13,15-17H,4,6-10H2. The van der Waals surface area contributed by atoms with Gasteiger partial charge in [0.25, 0.3) is 0 Å². The summed E-state index contributed by atoms with van der Waals surface area (Å²) >= 11 is 0. The Hall–Kier alpha value is -0.640. The summed E-state index contributed by atoms with van der Waals surface area (Å²) in [6.45, 7) is 0. The van der Waals surface area contributed by atoms with Gasteiger partial charge in [-0.15, -0.1) is 0 Å². The highest BCUT2D eigenvalue weighted by Crippen LogP contribution is 2.33. The van der Waals surface area contributed by atoms with Crippen LogP contribution in [0.3, 0.4) is 0 Å². The molecule has 0 aromatic rings. The van der Waals surface area contributed by atoms with Crippen molar-refractivity contribution < 1.29 is 15.3 Å². The van der Waals surface area contributed by atoms with Gasteiger partial charge in [0.1, 0.15) is 6.10 Å². The van der Waals surface area contributed by atoms with Crippen molar-refractivity contribution in [2.24, 2.45) is 5.92 Å². The van der Waals surface area contributed by atoms with E-state index in [0.717, 1.165) is 25.7 Å². The molecule has 0 spiro atoms. The third kappa shape index (κ3) is 2.79. The zero-order valence-electron chi connectivity index (χ0n) is 10.1. The lowest BCUT2D eigenvalue weighted by Crippen LogP contribution is -2.51. The maximum absolute atomic E-state index is 10.4. The van der Waals surface area contributed by atoms with Gasteiger partial charge in [-0.1, -0.05) is 24.3 Å². The van der Waals surface area contributed by atoms with Crippen molar-refractivity contribution in [3.63, 3.8) is 0 Å². The second-order valence-electron chi connectivity index (χ2n) is 5.30. The van der Waals surface area contributed by atoms with Crippen molar-refractivity contribution >= 4 is 0 Å². The van der Waals surface area contributed by atoms with E-state index in [-0.39, 0.29) is 5.92 Å². The summed E-state index contributed by atoms with van der Waals surface area (Å²) in [5.41, 5.74) is -1.14. The lowest BCUT2D eigenvalue weighted by atomic mass is 9.77. The van der Waals surface area contributed by atoms with Gasteiger partial charge in [-0.3, -0.25) is 0 Å². The molecule has 96 valence electrons. The normalized spacial score (nSPS) is 36.8. The van der Waals surface area contributed by atoms with E-state index in [1.807, 2.05) is 12.2 Å². The zero-order valence-corrected chi connectivity index (χ0v) is 10.1. The molecule has 2 rings (SSSR count). The maximum atomic E-state index is 10.4. The monoisotopic (exact) mass is 238 g/mol. The van der Waals surface area contributed by atoms with Crippen molar-refractivity contribution in [1.29, 1.82) is 0 Å². The Morgan fingerprint density at radius 2 is 1.82 bits per heavy atom. The molecule has 3 heteroatoms. The molecule has 0 amide bonds. The molecule has 0 aromatic heterocycles. The fraction of sp³-hybridized carbons (Fsp3) is 0.714. The molecular weight excluding hydrogens is 216 g/mol. The fourth-order valence-corrected chi connectivity index (χ4v) is 2.81. The highest BCUT2D eigenvalue weighted by Gasteiger charge is 2.41. The lowest BCUT2D eigenvalue weighted by molar-refractivity contribution is -0.143. The summed E-state index contributed by atoms with van der Waals surface area (Å²) in [6, 6.07) is 0. The Kier molecular flexibility index (Phi) is 4.02. The van der Waals surface area contributed by atoms with Gasteiger partial charge in [0, 0.05) is 0 Å². The van der Waals surface area contributed by atoms with E-state index >= 15 is 0 Å². The first kappa shape index (κ1) is 12.8. The Morgan fingerprint density at radius 3 is 2.41 bits per heavy atom. The first-order valence-corrected chi connectivity index (χ1v) is 6.52. The molecule has 4 unspecified atom stereocenters. The van der Waals surface area contributed by atoms with Crippen LogP contribution in [0.4, 0.5) is 0 Å². The third-order valence-electron chi connectivity index (χ3n) is 4.05. The summed E-state index contributed by atoms with van der Waals surface area (Å²) in [7, 11) is 0. The van der Waals surface area contributed by atoms with Crippen LogP contribution in [0.5, 0.6) is 0 Å². The van der Waals surface area contributed by atoms with Crippen LogP contribution in [-0.4, -0.2) is 33.1 Å². The minimum atomic E-state index is -1.14. The largest absolute Gasteiger partial charge is 0.390 e. The minimum Gasteiger partial charge on any atom is -0.390 e. The van der Waals surface area contributed by atoms with Crippen LogP contribution >= 0.6 is 0 Å². The van der Waals surface area contributed by atoms with Gasteiger partial charge in [0.2, 0.25) is 0 Å². The van der Waals surface area contributed by atoms with Gasteiger partial charge >= 0.3 is 0 Å². The molecule has 2 aliphatic carbocycles. The van der Waals surface area contributed by atoms with Gasteiger partial charge < -0.3 is 15.3 Å². The van der Waals surface area contributed by atoms with Gasteiger partial charge in [-0.25, -0.2) is 0 Å². The van der Waals surface area contributed by atoms with E-state index in [1.165, 1.54) is 0 Å². The SMILES string of the molecule is OC(C1CC=CCC1)C(O)C1(O)CC=CCC1. The molecule has 0 aromatic carbocycles. The van der Waals surface area contributed by atoms with Crippen LogP contribution in [0.25, 0.3) is 0 Å². The number of rotatable bonds is 3. The molecule has 0 bridgehead atoms. The molecule has 2 aliphatic rings. The predicted molar refractivity (Wildman–Crippen MR) is 66.4 cm³/mol. The van der Waals surface area contributed by atoms with E-state index in [9.17, 15) is 15.3 Å². The number of hydrogen-bond acceptors (Lipinski definition) is 3. The van der Waals surface area contributed by atoms with Crippen molar-refractivity contribution in [1.82, 2.24) is 0 Å². The molecule has 17 heavy (non-hydrogen) atoms. The van der Waals surface area contributed by atoms with Crippen molar-refractivity contribution in [3.05, 3.63) is 24.3 Å². The summed E-state index contributed by atoms with van der Waals surface area (Å²) < 4.78 is 0. The summed E-state index contributed by atoms with van der Waals surface area (Å²) in [5.74, 6) is 0.0740. The number of aliphatic hydroxyl groups is 3. The first-order chi connectivity index (χ1) is 8.13. The maximum Gasteiger partial charge on any atom is 0.109 e. The van der Waals surface area contributed by atoms with Crippen LogP contribution < -0.4 is 0 Å². The van der Waals surface area contributed by atoms with E-state index in [4.69, 9.17) is 0 Å². The highest BCUT2D eigenvalue weighted by atomic mass is 16.4. The van der Waals surface area contributed by atoms with Crippen LogP contribution in [0.15, 0.2) is 24.3 Å². The molecular formula is C14H22O3. The van der Waals surface area contributed by atoms with E-state index in [1.54, 1.807) is 0 Å². The van der Waals surface area contributed by atoms with Crippen molar-refractivity contribution in [3.8, 4) is 0 Å². The number of allylic oxidation sites excluding steroid dienone is 3. The smallest absolute Gasteiger partial charge is 0.109 e. The molecule has 0 radical (unpaired) electrons. The highest BCUT2D eigenvalue weighted by molar-refractivity contribution is 5.05. The molecule has 4 atom stereocenters. The Morgan fingerprint density at radius 1 is 1.06 bits per heavy atom. The third-order valence-corrected chi connectivity index (χ3v) is 4.05. The van der Waals surface area contributed by atoms with Gasteiger partial charge in [0.05, 0.1) is 11.7 Å². The second kappa shape index (κ2) is 5.34. The minimum absolute atomic E-state index is 0.0740. The van der Waals surface area contributed by atoms with Crippen LogP contribution in [0.2, 0.25) is 0 Å². The van der Waals surface area contributed by atoms with Crippen molar-refractivity contribution in [2.75, 3.05) is 0 Å². The molecule has 3 nitrogen and oxygen atoms in total. The van der Waals surface area contributed by atoms with Gasteiger partial charge in [-0.2, -0.15) is 0 Å². The quantitative estimate of drug-likeness (QED) is 0.654. The second-order valence-corrected chi connectivity index (χ2v) is 5.30. The zero-order chi connectivity index (χ0) is 12.3. The van der Waals surface area contributed by atoms with Crippen molar-refractivity contribution in [2.45, 2.75) is 56.3 Å². The Bertz CT molecular complexity index is 311. The molecule has 0 saturated carbocycles. The molecule has 3 N–H and O–H groups in total. The lowest BCUT2D eigenvalue weighted by Gasteiger charge is -2.39. The molecule has 0 fully saturated rings. The van der Waals surface area contributed by atoms with E-state index < -0.39 is 17.8 Å². The van der Waals surface area contributed by atoms with Crippen LogP contribution in [0.1, 0.15) is 38.5 Å². The number of hydrogen-bond donors (Lipinski definition) is 3. The molecule has 0 heterocycles. The molecule has 0 aliphatic heterocycles. The first-order valence-electron chi connectivity index (χ1n) is 6.52. The average molecular weight is 238 g/mol. The summed E-state index contributed by atoms with van der Waals surface area (Å²) in [6.07, 6.45) is 10.6. The van der Waals surface area contributed by atoms with Crippen LogP contribution in [0, 0.1) is 5.92 Å². The number of aliphatic hydroxyl groups excluding tert-OH is 2. The van der Waals surface area contributed by atoms with E-state index in [2.05, 4.69) is 12.2 Å². The Labute approximate surface area is 102 Å². The van der Waals surface area contributed by atoms with Gasteiger partial charge in [-0.05, 0) is 44.4 Å². The fourth-order valence-electron chi connectivity index (χ4n) is 2.81. The predicted octanol–water partition coefficient (Wildman–Crippen LogP) is 1.54.